The summed E-state index contributed by atoms with van der Waals surface area (Å²) in [6.45, 7) is 6.47. The van der Waals surface area contributed by atoms with Crippen molar-refractivity contribution in [3.05, 3.63) is 35.7 Å². The predicted molar refractivity (Wildman–Crippen MR) is 113 cm³/mol. The van der Waals surface area contributed by atoms with E-state index in [0.717, 1.165) is 57.4 Å². The van der Waals surface area contributed by atoms with Gasteiger partial charge in [0.1, 0.15) is 0 Å². The fraction of sp³-hybridized carbons (Fsp3) is 0.591. The minimum Gasteiger partial charge on any atom is -0.504 e. The predicted octanol–water partition coefficient (Wildman–Crippen LogP) is 2.85. The Labute approximate surface area is 177 Å². The molecule has 1 atom stereocenters. The van der Waals surface area contributed by atoms with Crippen molar-refractivity contribution in [2.24, 2.45) is 0 Å². The zero-order valence-corrected chi connectivity index (χ0v) is 17.7. The summed E-state index contributed by atoms with van der Waals surface area (Å²) in [4.78, 5) is 16.9. The van der Waals surface area contributed by atoms with Crippen LogP contribution in [0.25, 0.3) is 0 Å². The van der Waals surface area contributed by atoms with Crippen LogP contribution in [-0.2, 0) is 6.54 Å². The Morgan fingerprint density at radius 1 is 1.20 bits per heavy atom. The van der Waals surface area contributed by atoms with Gasteiger partial charge in [-0.2, -0.15) is 0 Å². The van der Waals surface area contributed by atoms with E-state index in [2.05, 4.69) is 15.2 Å². The van der Waals surface area contributed by atoms with Crippen molar-refractivity contribution in [3.8, 4) is 11.5 Å². The summed E-state index contributed by atoms with van der Waals surface area (Å²) in [5, 5.41) is 18.9. The zero-order chi connectivity index (χ0) is 20.9. The van der Waals surface area contributed by atoms with E-state index in [0.29, 0.717) is 24.6 Å². The SMILES string of the molecule is CCOc1cccc(CN2CCC[C@@H](n3cc(C(=O)N4CCCCC4)nn3)C2)c1O. The fourth-order valence-electron chi connectivity index (χ4n) is 4.41. The largest absolute Gasteiger partial charge is 0.504 e. The Morgan fingerprint density at radius 3 is 2.83 bits per heavy atom. The summed E-state index contributed by atoms with van der Waals surface area (Å²) in [5.41, 5.74) is 1.30. The molecule has 30 heavy (non-hydrogen) atoms. The lowest BCUT2D eigenvalue weighted by molar-refractivity contribution is 0.0718. The molecular weight excluding hydrogens is 382 g/mol. The number of hydrogen-bond acceptors (Lipinski definition) is 6. The third-order valence-corrected chi connectivity index (χ3v) is 6.00. The lowest BCUT2D eigenvalue weighted by Gasteiger charge is -2.32. The highest BCUT2D eigenvalue weighted by atomic mass is 16.5. The molecule has 8 heteroatoms. The average Bonchev–Trinajstić information content (AvgIpc) is 3.27. The normalized spacial score (nSPS) is 20.3. The molecule has 8 nitrogen and oxygen atoms in total. The summed E-state index contributed by atoms with van der Waals surface area (Å²) in [6, 6.07) is 5.81. The molecule has 0 bridgehead atoms. The Kier molecular flexibility index (Phi) is 6.52. The fourth-order valence-corrected chi connectivity index (χ4v) is 4.41. The van der Waals surface area contributed by atoms with Crippen LogP contribution in [0.3, 0.4) is 0 Å². The van der Waals surface area contributed by atoms with Crippen LogP contribution >= 0.6 is 0 Å². The zero-order valence-electron chi connectivity index (χ0n) is 17.7. The van der Waals surface area contributed by atoms with Gasteiger partial charge in [-0.3, -0.25) is 9.69 Å². The standard InChI is InChI=1S/C22H31N5O3/c1-2-30-20-10-6-8-17(21(20)28)14-25-11-7-9-18(15-25)27-16-19(23-24-27)22(29)26-12-4-3-5-13-26/h6,8,10,16,18,28H,2-5,7,9,11-15H2,1H3/t18-/m1/s1. The molecule has 1 aromatic heterocycles. The first kappa shape index (κ1) is 20.7. The van der Waals surface area contributed by atoms with Gasteiger partial charge in [0.25, 0.3) is 5.91 Å². The first-order valence-corrected chi connectivity index (χ1v) is 11.0. The number of piperidine rings is 2. The van der Waals surface area contributed by atoms with Gasteiger partial charge in [0.2, 0.25) is 0 Å². The maximum atomic E-state index is 12.7. The van der Waals surface area contributed by atoms with Gasteiger partial charge in [0.15, 0.2) is 17.2 Å². The molecule has 2 aromatic rings. The van der Waals surface area contributed by atoms with Gasteiger partial charge in [0.05, 0.1) is 18.8 Å². The van der Waals surface area contributed by atoms with Gasteiger partial charge in [-0.25, -0.2) is 4.68 Å². The van der Waals surface area contributed by atoms with Crippen LogP contribution in [0.5, 0.6) is 11.5 Å². The molecule has 1 amide bonds. The van der Waals surface area contributed by atoms with E-state index in [9.17, 15) is 9.90 Å². The summed E-state index contributed by atoms with van der Waals surface area (Å²) in [5.74, 6) is 0.739. The quantitative estimate of drug-likeness (QED) is 0.784. The molecule has 0 unspecified atom stereocenters. The maximum Gasteiger partial charge on any atom is 0.276 e. The topological polar surface area (TPSA) is 83.7 Å². The van der Waals surface area contributed by atoms with Crippen molar-refractivity contribution in [3.63, 3.8) is 0 Å². The van der Waals surface area contributed by atoms with E-state index in [4.69, 9.17) is 4.74 Å². The number of ether oxygens (including phenoxy) is 1. The van der Waals surface area contributed by atoms with E-state index in [1.807, 2.05) is 28.6 Å². The minimum absolute atomic E-state index is 0.00808. The van der Waals surface area contributed by atoms with Crippen LogP contribution in [0, 0.1) is 0 Å². The van der Waals surface area contributed by atoms with Crippen molar-refractivity contribution < 1.29 is 14.6 Å². The Hall–Kier alpha value is -2.61. The maximum absolute atomic E-state index is 12.7. The molecule has 1 N–H and O–H groups in total. The molecule has 2 saturated heterocycles. The molecule has 162 valence electrons. The third kappa shape index (κ3) is 4.59. The van der Waals surface area contributed by atoms with Gasteiger partial charge in [-0.1, -0.05) is 17.3 Å². The molecule has 3 heterocycles. The highest BCUT2D eigenvalue weighted by Crippen LogP contribution is 2.32. The van der Waals surface area contributed by atoms with E-state index < -0.39 is 0 Å². The van der Waals surface area contributed by atoms with Crippen molar-refractivity contribution >= 4 is 5.91 Å². The minimum atomic E-state index is -0.00808. The molecule has 2 aliphatic rings. The molecule has 4 rings (SSSR count). The number of nitrogens with zero attached hydrogens (tertiary/aromatic N) is 5. The number of amides is 1. The summed E-state index contributed by atoms with van der Waals surface area (Å²) in [7, 11) is 0. The highest BCUT2D eigenvalue weighted by Gasteiger charge is 2.26. The summed E-state index contributed by atoms with van der Waals surface area (Å²) < 4.78 is 7.35. The molecular formula is C22H31N5O3. The molecule has 2 fully saturated rings. The third-order valence-electron chi connectivity index (χ3n) is 6.00. The molecule has 0 radical (unpaired) electrons. The smallest absolute Gasteiger partial charge is 0.276 e. The van der Waals surface area contributed by atoms with E-state index >= 15 is 0 Å². The van der Waals surface area contributed by atoms with Gasteiger partial charge in [-0.05, 0) is 51.6 Å². The first-order chi connectivity index (χ1) is 14.7. The molecule has 0 saturated carbocycles. The second-order valence-corrected chi connectivity index (χ2v) is 8.16. The van der Waals surface area contributed by atoms with E-state index in [-0.39, 0.29) is 17.7 Å². The number of carbonyl (C=O) groups is 1. The van der Waals surface area contributed by atoms with Crippen LogP contribution in [0.2, 0.25) is 0 Å². The molecule has 0 spiro atoms. The number of aromatic nitrogens is 3. The molecule has 1 aromatic carbocycles. The number of carbonyl (C=O) groups excluding carboxylic acids is 1. The summed E-state index contributed by atoms with van der Waals surface area (Å²) >= 11 is 0. The summed E-state index contributed by atoms with van der Waals surface area (Å²) in [6.07, 6.45) is 7.16. The van der Waals surface area contributed by atoms with Crippen LogP contribution in [0.1, 0.15) is 61.1 Å². The monoisotopic (exact) mass is 413 g/mol. The number of benzene rings is 1. The van der Waals surface area contributed by atoms with E-state index in [1.54, 1.807) is 12.3 Å². The van der Waals surface area contributed by atoms with Crippen LogP contribution < -0.4 is 4.74 Å². The van der Waals surface area contributed by atoms with Crippen LogP contribution in [0.15, 0.2) is 24.4 Å². The second-order valence-electron chi connectivity index (χ2n) is 8.16. The lowest BCUT2D eigenvalue weighted by Crippen LogP contribution is -2.36. The molecule has 2 aliphatic heterocycles. The first-order valence-electron chi connectivity index (χ1n) is 11.0. The van der Waals surface area contributed by atoms with Gasteiger partial charge < -0.3 is 14.7 Å². The van der Waals surface area contributed by atoms with Crippen molar-refractivity contribution in [1.29, 1.82) is 0 Å². The van der Waals surface area contributed by atoms with Gasteiger partial charge in [0, 0.05) is 31.7 Å². The van der Waals surface area contributed by atoms with Crippen molar-refractivity contribution in [2.75, 3.05) is 32.8 Å². The lowest BCUT2D eigenvalue weighted by atomic mass is 10.0. The Morgan fingerprint density at radius 2 is 2.03 bits per heavy atom. The number of rotatable bonds is 6. The molecule has 0 aliphatic carbocycles. The highest BCUT2D eigenvalue weighted by molar-refractivity contribution is 5.91. The van der Waals surface area contributed by atoms with Gasteiger partial charge in [-0.15, -0.1) is 5.10 Å². The van der Waals surface area contributed by atoms with Crippen molar-refractivity contribution in [2.45, 2.75) is 51.6 Å². The number of likely N-dealkylation sites (tertiary alicyclic amines) is 2. The number of phenolic OH excluding ortho intramolecular Hbond substituents is 1. The number of hydrogen-bond donors (Lipinski definition) is 1. The Bertz CT molecular complexity index is 862. The number of para-hydroxylation sites is 1. The van der Waals surface area contributed by atoms with Gasteiger partial charge >= 0.3 is 0 Å². The number of aromatic hydroxyl groups is 1. The average molecular weight is 414 g/mol. The van der Waals surface area contributed by atoms with Crippen LogP contribution in [0.4, 0.5) is 0 Å². The van der Waals surface area contributed by atoms with Crippen molar-refractivity contribution in [1.82, 2.24) is 24.8 Å². The van der Waals surface area contributed by atoms with Crippen LogP contribution in [-0.4, -0.2) is 68.6 Å². The van der Waals surface area contributed by atoms with E-state index in [1.165, 1.54) is 6.42 Å². The Balaban J connectivity index is 1.40. The second kappa shape index (κ2) is 9.47. The number of phenols is 1.